The first-order chi connectivity index (χ1) is 15.8. The van der Waals surface area contributed by atoms with Crippen molar-refractivity contribution in [2.75, 3.05) is 32.8 Å². The van der Waals surface area contributed by atoms with E-state index in [1.807, 2.05) is 13.8 Å². The van der Waals surface area contributed by atoms with Gasteiger partial charge in [-0.25, -0.2) is 4.79 Å². The van der Waals surface area contributed by atoms with Crippen molar-refractivity contribution in [1.82, 2.24) is 15.3 Å². The van der Waals surface area contributed by atoms with Gasteiger partial charge in [0.2, 0.25) is 0 Å². The second-order valence-corrected chi connectivity index (χ2v) is 11.1. The van der Waals surface area contributed by atoms with E-state index in [2.05, 4.69) is 10.6 Å². The first-order valence-electron chi connectivity index (χ1n) is 12.4. The van der Waals surface area contributed by atoms with Crippen LogP contribution in [-0.2, 0) is 18.8 Å². The van der Waals surface area contributed by atoms with Crippen molar-refractivity contribution in [3.05, 3.63) is 0 Å². The van der Waals surface area contributed by atoms with E-state index >= 15 is 0 Å². The Morgan fingerprint density at radius 1 is 1.09 bits per heavy atom. The number of ether oxygens (including phenoxy) is 2. The lowest BCUT2D eigenvalue weighted by Crippen LogP contribution is -2.47. The molecule has 1 atom stereocenters. The van der Waals surface area contributed by atoms with Crippen LogP contribution >= 0.6 is 7.75 Å². The number of alkyl carbamates (subject to hydrolysis) is 1. The van der Waals surface area contributed by atoms with Gasteiger partial charge >= 0.3 is 12.1 Å². The molecule has 34 heavy (non-hydrogen) atoms. The predicted octanol–water partition coefficient (Wildman–Crippen LogP) is 2.55. The van der Waals surface area contributed by atoms with Crippen molar-refractivity contribution < 1.29 is 33.4 Å². The molecule has 1 saturated heterocycles. The molecule has 10 nitrogen and oxygen atoms in total. The molecule has 0 aromatic heterocycles. The summed E-state index contributed by atoms with van der Waals surface area (Å²) in [4.78, 5) is 47.0. The Morgan fingerprint density at radius 2 is 1.65 bits per heavy atom. The molecule has 0 aromatic carbocycles. The minimum Gasteiger partial charge on any atom is -0.799 e. The Hall–Kier alpha value is -1.19. The SMILES string of the molecule is C1CCNCC1.CCCC(CCC)COC(=O)[C@H](C)N(CCNC(=O)OC(C)(C)C)P(=O)([O-])[O-]. The molecule has 0 saturated carbocycles. The number of carbonyl (C=O) groups is 2. The summed E-state index contributed by atoms with van der Waals surface area (Å²) in [6.45, 7) is 12.6. The third kappa shape index (κ3) is 16.4. The molecule has 0 unspecified atom stereocenters. The van der Waals surface area contributed by atoms with Crippen molar-refractivity contribution in [1.29, 1.82) is 0 Å². The van der Waals surface area contributed by atoms with Gasteiger partial charge in [-0.2, -0.15) is 0 Å². The van der Waals surface area contributed by atoms with Crippen LogP contribution in [0.3, 0.4) is 0 Å². The summed E-state index contributed by atoms with van der Waals surface area (Å²) in [6, 6.07) is -1.27. The van der Waals surface area contributed by atoms with Crippen LogP contribution in [0.15, 0.2) is 0 Å². The number of nitrogens with one attached hydrogen (secondary N) is 2. The normalized spacial score (nSPS) is 15.4. The maximum Gasteiger partial charge on any atom is 0.407 e. The van der Waals surface area contributed by atoms with Crippen LogP contribution in [0.25, 0.3) is 0 Å². The Balaban J connectivity index is 0.00000156. The second-order valence-electron chi connectivity index (χ2n) is 9.62. The molecule has 0 aliphatic carbocycles. The number of hydrogen-bond donors (Lipinski definition) is 2. The van der Waals surface area contributed by atoms with Gasteiger partial charge < -0.3 is 34.5 Å². The molecule has 1 fully saturated rings. The predicted molar refractivity (Wildman–Crippen MR) is 129 cm³/mol. The van der Waals surface area contributed by atoms with Crippen LogP contribution in [0.4, 0.5) is 4.79 Å². The quantitative estimate of drug-likeness (QED) is 0.301. The molecule has 2 N–H and O–H groups in total. The standard InChI is InChI=1S/C18H37N2O7P.C5H11N/c1-7-9-15(10-8-2)13-26-16(21)14(3)20(28(23,24)25)12-11-19-17(22)27-18(4,5)6;1-2-4-6-5-3-1/h14-15H,7-13H2,1-6H3,(H,19,22)(H2,23,24,25);6H,1-5H2/p-2/t14-;/m0./s1. The van der Waals surface area contributed by atoms with E-state index in [0.29, 0.717) is 4.67 Å². The number of nitrogens with zero attached hydrogens (tertiary/aromatic N) is 1. The molecule has 0 radical (unpaired) electrons. The number of hydrogen-bond acceptors (Lipinski definition) is 8. The molecule has 1 amide bonds. The fraction of sp³-hybridized carbons (Fsp3) is 0.913. The van der Waals surface area contributed by atoms with Crippen LogP contribution < -0.4 is 20.4 Å². The molecule has 1 rings (SSSR count). The van der Waals surface area contributed by atoms with Crippen molar-refractivity contribution in [3.8, 4) is 0 Å². The van der Waals surface area contributed by atoms with E-state index in [1.165, 1.54) is 39.3 Å². The lowest BCUT2D eigenvalue weighted by molar-refractivity contribution is -0.330. The average molecular weight is 508 g/mol. The lowest BCUT2D eigenvalue weighted by Gasteiger charge is -2.44. The Kier molecular flexibility index (Phi) is 16.7. The van der Waals surface area contributed by atoms with Crippen molar-refractivity contribution in [2.45, 2.75) is 98.1 Å². The van der Waals surface area contributed by atoms with Gasteiger partial charge in [0, 0.05) is 20.8 Å². The van der Waals surface area contributed by atoms with E-state index in [0.717, 1.165) is 25.7 Å². The van der Waals surface area contributed by atoms with Crippen LogP contribution in [0.2, 0.25) is 0 Å². The molecule has 0 spiro atoms. The molecule has 202 valence electrons. The number of carbonyl (C=O) groups excluding carboxylic acids is 2. The van der Waals surface area contributed by atoms with E-state index in [1.54, 1.807) is 20.8 Å². The van der Waals surface area contributed by atoms with Gasteiger partial charge in [0.1, 0.15) is 11.6 Å². The highest BCUT2D eigenvalue weighted by atomic mass is 31.2. The second kappa shape index (κ2) is 17.3. The van der Waals surface area contributed by atoms with Crippen molar-refractivity contribution in [3.63, 3.8) is 0 Å². The maximum atomic E-state index is 12.3. The smallest absolute Gasteiger partial charge is 0.407 e. The first-order valence-corrected chi connectivity index (χ1v) is 13.9. The highest BCUT2D eigenvalue weighted by molar-refractivity contribution is 7.46. The first kappa shape index (κ1) is 32.8. The molecule has 11 heteroatoms. The van der Waals surface area contributed by atoms with Gasteiger partial charge in [-0.1, -0.05) is 33.1 Å². The van der Waals surface area contributed by atoms with Gasteiger partial charge in [0.15, 0.2) is 0 Å². The van der Waals surface area contributed by atoms with E-state index in [-0.39, 0.29) is 25.6 Å². The summed E-state index contributed by atoms with van der Waals surface area (Å²) >= 11 is 0. The number of amides is 1. The van der Waals surface area contributed by atoms with Gasteiger partial charge in [-0.3, -0.25) is 9.46 Å². The summed E-state index contributed by atoms with van der Waals surface area (Å²) in [5.74, 6) is -0.568. The number of esters is 1. The Labute approximate surface area is 205 Å². The summed E-state index contributed by atoms with van der Waals surface area (Å²) < 4.78 is 22.4. The fourth-order valence-corrected chi connectivity index (χ4v) is 4.35. The van der Waals surface area contributed by atoms with E-state index in [9.17, 15) is 23.9 Å². The number of rotatable bonds is 12. The largest absolute Gasteiger partial charge is 0.799 e. The van der Waals surface area contributed by atoms with Crippen LogP contribution in [0.1, 0.15) is 86.5 Å². The van der Waals surface area contributed by atoms with Gasteiger partial charge in [0.25, 0.3) is 0 Å². The maximum absolute atomic E-state index is 12.3. The molecular weight excluding hydrogens is 461 g/mol. The Bertz CT molecular complexity index is 601. The zero-order chi connectivity index (χ0) is 26.2. The summed E-state index contributed by atoms with van der Waals surface area (Å²) in [7, 11) is -5.22. The zero-order valence-corrected chi connectivity index (χ0v) is 22.8. The molecule has 1 heterocycles. The molecular formula is C23H46N3O7P-2. The van der Waals surface area contributed by atoms with Crippen LogP contribution in [0, 0.1) is 5.92 Å². The summed E-state index contributed by atoms with van der Waals surface area (Å²) in [6.07, 6.45) is 7.19. The summed E-state index contributed by atoms with van der Waals surface area (Å²) in [5.41, 5.74) is -0.708. The van der Waals surface area contributed by atoms with Crippen LogP contribution in [-0.4, -0.2) is 61.2 Å². The molecule has 1 aliphatic heterocycles. The Morgan fingerprint density at radius 3 is 2.03 bits per heavy atom. The average Bonchev–Trinajstić information content (AvgIpc) is 2.74. The van der Waals surface area contributed by atoms with Crippen LogP contribution in [0.5, 0.6) is 0 Å². The fourth-order valence-electron chi connectivity index (χ4n) is 3.49. The third-order valence-corrected chi connectivity index (χ3v) is 6.35. The minimum atomic E-state index is -5.22. The third-order valence-electron chi connectivity index (χ3n) is 5.17. The highest BCUT2D eigenvalue weighted by Gasteiger charge is 2.26. The van der Waals surface area contributed by atoms with E-state index < -0.39 is 31.5 Å². The number of piperidine rings is 1. The van der Waals surface area contributed by atoms with Gasteiger partial charge in [-0.15, -0.1) is 0 Å². The van der Waals surface area contributed by atoms with Gasteiger partial charge in [-0.05, 0) is 72.4 Å². The molecule has 1 aliphatic rings. The molecule has 0 bridgehead atoms. The monoisotopic (exact) mass is 507 g/mol. The van der Waals surface area contributed by atoms with Crippen molar-refractivity contribution in [2.24, 2.45) is 5.92 Å². The molecule has 0 aromatic rings. The van der Waals surface area contributed by atoms with E-state index in [4.69, 9.17) is 9.47 Å². The van der Waals surface area contributed by atoms with Gasteiger partial charge in [0.05, 0.1) is 6.61 Å². The highest BCUT2D eigenvalue weighted by Crippen LogP contribution is 2.32. The summed E-state index contributed by atoms with van der Waals surface area (Å²) in [5, 5.41) is 5.65. The topological polar surface area (TPSA) is 143 Å². The lowest BCUT2D eigenvalue weighted by atomic mass is 9.99. The zero-order valence-electron chi connectivity index (χ0n) is 21.9. The van der Waals surface area contributed by atoms with Crippen molar-refractivity contribution >= 4 is 19.8 Å². The minimum absolute atomic E-state index is 0.171.